The highest BCUT2D eigenvalue weighted by molar-refractivity contribution is 5.94. The number of imidazole rings is 1. The molecule has 0 spiro atoms. The molecule has 4 nitrogen and oxygen atoms in total. The zero-order chi connectivity index (χ0) is 13.9. The summed E-state index contributed by atoms with van der Waals surface area (Å²) in [5, 5.41) is 2.50. The molecule has 2 aromatic rings. The van der Waals surface area contributed by atoms with Gasteiger partial charge >= 0.3 is 6.18 Å². The molecule has 1 aromatic heterocycles. The molecule has 1 amide bonds. The summed E-state index contributed by atoms with van der Waals surface area (Å²) in [6, 6.07) is 4.28. The van der Waals surface area contributed by atoms with Gasteiger partial charge in [0.05, 0.1) is 24.1 Å². The third-order valence-electron chi connectivity index (χ3n) is 2.45. The number of nitrogens with one attached hydrogen (secondary N) is 2. The van der Waals surface area contributed by atoms with E-state index >= 15 is 0 Å². The minimum atomic E-state index is -4.46. The van der Waals surface area contributed by atoms with Crippen molar-refractivity contribution in [2.75, 3.05) is 0 Å². The average molecular weight is 269 g/mol. The molecule has 2 N–H and O–H groups in total. The van der Waals surface area contributed by atoms with Crippen molar-refractivity contribution in [3.63, 3.8) is 0 Å². The van der Waals surface area contributed by atoms with Crippen LogP contribution in [0, 0.1) is 0 Å². The first-order valence-electron chi connectivity index (χ1n) is 5.39. The molecule has 0 bridgehead atoms. The molecular formula is C12H10F3N3O. The number of alkyl halides is 3. The second-order valence-electron chi connectivity index (χ2n) is 3.84. The zero-order valence-corrected chi connectivity index (χ0v) is 9.66. The Morgan fingerprint density at radius 1 is 1.37 bits per heavy atom. The van der Waals surface area contributed by atoms with Crippen LogP contribution in [-0.2, 0) is 12.7 Å². The zero-order valence-electron chi connectivity index (χ0n) is 9.66. The van der Waals surface area contributed by atoms with E-state index in [9.17, 15) is 18.0 Å². The second kappa shape index (κ2) is 5.13. The number of carbonyl (C=O) groups excluding carboxylic acids is 1. The monoisotopic (exact) mass is 269 g/mol. The molecule has 0 fully saturated rings. The number of H-pyrrole nitrogens is 1. The van der Waals surface area contributed by atoms with E-state index in [2.05, 4.69) is 15.3 Å². The van der Waals surface area contributed by atoms with Crippen molar-refractivity contribution in [3.05, 3.63) is 53.6 Å². The van der Waals surface area contributed by atoms with Gasteiger partial charge in [0.2, 0.25) is 0 Å². The van der Waals surface area contributed by atoms with Crippen LogP contribution in [0.15, 0.2) is 36.8 Å². The van der Waals surface area contributed by atoms with Gasteiger partial charge in [-0.15, -0.1) is 0 Å². The van der Waals surface area contributed by atoms with Gasteiger partial charge in [-0.2, -0.15) is 13.2 Å². The maximum absolute atomic E-state index is 12.5. The molecule has 0 aliphatic carbocycles. The Hall–Kier alpha value is -2.31. The number of aromatic amines is 1. The van der Waals surface area contributed by atoms with Crippen LogP contribution in [0.3, 0.4) is 0 Å². The van der Waals surface area contributed by atoms with Crippen LogP contribution in [0.4, 0.5) is 13.2 Å². The second-order valence-corrected chi connectivity index (χ2v) is 3.84. The number of hydrogen-bond donors (Lipinski definition) is 2. The van der Waals surface area contributed by atoms with Crippen molar-refractivity contribution in [2.45, 2.75) is 12.7 Å². The van der Waals surface area contributed by atoms with E-state index < -0.39 is 17.6 Å². The topological polar surface area (TPSA) is 57.8 Å². The van der Waals surface area contributed by atoms with Crippen molar-refractivity contribution >= 4 is 5.91 Å². The lowest BCUT2D eigenvalue weighted by Gasteiger charge is -2.08. The van der Waals surface area contributed by atoms with E-state index in [4.69, 9.17) is 0 Å². The molecule has 0 saturated heterocycles. The van der Waals surface area contributed by atoms with Gasteiger partial charge in [0.25, 0.3) is 5.91 Å². The third-order valence-corrected chi connectivity index (χ3v) is 2.45. The van der Waals surface area contributed by atoms with Crippen LogP contribution in [0.1, 0.15) is 21.6 Å². The van der Waals surface area contributed by atoms with E-state index in [0.29, 0.717) is 5.69 Å². The maximum Gasteiger partial charge on any atom is 0.416 e. The molecule has 19 heavy (non-hydrogen) atoms. The summed E-state index contributed by atoms with van der Waals surface area (Å²) in [7, 11) is 0. The molecule has 1 aromatic carbocycles. The number of hydrogen-bond acceptors (Lipinski definition) is 2. The van der Waals surface area contributed by atoms with Crippen LogP contribution in [-0.4, -0.2) is 15.9 Å². The third kappa shape index (κ3) is 3.34. The van der Waals surface area contributed by atoms with Crippen molar-refractivity contribution in [3.8, 4) is 0 Å². The first kappa shape index (κ1) is 13.1. The summed E-state index contributed by atoms with van der Waals surface area (Å²) in [6.45, 7) is 0.176. The normalized spacial score (nSPS) is 11.3. The Labute approximate surface area is 106 Å². The van der Waals surface area contributed by atoms with Crippen LogP contribution < -0.4 is 5.32 Å². The summed E-state index contributed by atoms with van der Waals surface area (Å²) in [5.41, 5.74) is -0.212. The molecule has 0 atom stereocenters. The molecule has 2 rings (SSSR count). The Morgan fingerprint density at radius 2 is 2.16 bits per heavy atom. The van der Waals surface area contributed by atoms with Crippen molar-refractivity contribution in [1.82, 2.24) is 15.3 Å². The van der Waals surface area contributed by atoms with E-state index in [1.165, 1.54) is 24.7 Å². The predicted octanol–water partition coefficient (Wildman–Crippen LogP) is 2.36. The summed E-state index contributed by atoms with van der Waals surface area (Å²) < 4.78 is 37.5. The Morgan fingerprint density at radius 3 is 2.79 bits per heavy atom. The highest BCUT2D eigenvalue weighted by Crippen LogP contribution is 2.29. The van der Waals surface area contributed by atoms with Crippen LogP contribution in [0.2, 0.25) is 0 Å². The number of nitrogens with zero attached hydrogens (tertiary/aromatic N) is 1. The average Bonchev–Trinajstić information content (AvgIpc) is 2.88. The highest BCUT2D eigenvalue weighted by atomic mass is 19.4. The van der Waals surface area contributed by atoms with Gasteiger partial charge < -0.3 is 10.3 Å². The SMILES string of the molecule is O=C(NCc1cnc[nH]1)c1cccc(C(F)(F)F)c1. The molecule has 100 valence electrons. The number of halogens is 3. The van der Waals surface area contributed by atoms with E-state index in [1.807, 2.05) is 0 Å². The van der Waals surface area contributed by atoms with Crippen molar-refractivity contribution in [1.29, 1.82) is 0 Å². The first-order valence-corrected chi connectivity index (χ1v) is 5.39. The molecule has 0 radical (unpaired) electrons. The Balaban J connectivity index is 2.07. The maximum atomic E-state index is 12.5. The van der Waals surface area contributed by atoms with Crippen molar-refractivity contribution in [2.24, 2.45) is 0 Å². The van der Waals surface area contributed by atoms with Gasteiger partial charge in [0.1, 0.15) is 0 Å². The number of benzene rings is 1. The quantitative estimate of drug-likeness (QED) is 0.898. The van der Waals surface area contributed by atoms with Gasteiger partial charge in [-0.1, -0.05) is 6.07 Å². The van der Waals surface area contributed by atoms with Gasteiger partial charge in [0.15, 0.2) is 0 Å². The summed E-state index contributed by atoms with van der Waals surface area (Å²) in [4.78, 5) is 18.2. The number of rotatable bonds is 3. The van der Waals surface area contributed by atoms with Crippen LogP contribution in [0.5, 0.6) is 0 Å². The summed E-state index contributed by atoms with van der Waals surface area (Å²) in [5.74, 6) is -0.569. The molecule has 0 saturated carbocycles. The molecular weight excluding hydrogens is 259 g/mol. The highest BCUT2D eigenvalue weighted by Gasteiger charge is 2.30. The number of amides is 1. The fourth-order valence-corrected chi connectivity index (χ4v) is 1.50. The van der Waals surface area contributed by atoms with E-state index in [0.717, 1.165) is 12.1 Å². The number of aromatic nitrogens is 2. The predicted molar refractivity (Wildman–Crippen MR) is 61.2 cm³/mol. The van der Waals surface area contributed by atoms with Gasteiger partial charge in [-0.25, -0.2) is 4.98 Å². The van der Waals surface area contributed by atoms with Crippen molar-refractivity contribution < 1.29 is 18.0 Å². The lowest BCUT2D eigenvalue weighted by molar-refractivity contribution is -0.137. The molecule has 0 aliphatic heterocycles. The van der Waals surface area contributed by atoms with E-state index in [1.54, 1.807) is 0 Å². The molecule has 0 aliphatic rings. The fourth-order valence-electron chi connectivity index (χ4n) is 1.50. The molecule has 7 heteroatoms. The van der Waals surface area contributed by atoms with Crippen LogP contribution >= 0.6 is 0 Å². The molecule has 0 unspecified atom stereocenters. The van der Waals surface area contributed by atoms with Gasteiger partial charge in [-0.05, 0) is 18.2 Å². The van der Waals surface area contributed by atoms with E-state index in [-0.39, 0.29) is 12.1 Å². The lowest BCUT2D eigenvalue weighted by Crippen LogP contribution is -2.23. The van der Waals surface area contributed by atoms with Gasteiger partial charge in [-0.3, -0.25) is 4.79 Å². The van der Waals surface area contributed by atoms with Crippen LogP contribution in [0.25, 0.3) is 0 Å². The van der Waals surface area contributed by atoms with Gasteiger partial charge in [0, 0.05) is 11.8 Å². The fraction of sp³-hybridized carbons (Fsp3) is 0.167. The number of carbonyl (C=O) groups is 1. The Bertz CT molecular complexity index is 564. The summed E-state index contributed by atoms with van der Waals surface area (Å²) in [6.07, 6.45) is -1.49. The standard InChI is InChI=1S/C12H10F3N3O/c13-12(14,15)9-3-1-2-8(4-9)11(19)17-6-10-5-16-7-18-10/h1-5,7H,6H2,(H,16,18)(H,17,19). The minimum Gasteiger partial charge on any atom is -0.347 e. The summed E-state index contributed by atoms with van der Waals surface area (Å²) >= 11 is 0. The largest absolute Gasteiger partial charge is 0.416 e. The lowest BCUT2D eigenvalue weighted by atomic mass is 10.1. The smallest absolute Gasteiger partial charge is 0.347 e. The molecule has 1 heterocycles. The minimum absolute atomic E-state index is 0.0330. The Kier molecular flexibility index (Phi) is 3.55. The first-order chi connectivity index (χ1) is 8.97.